The molecule has 0 radical (unpaired) electrons. The number of aryl methyl sites for hydroxylation is 1. The van der Waals surface area contributed by atoms with Gasteiger partial charge in [0, 0.05) is 18.8 Å². The number of aliphatic hydroxyl groups excluding tert-OH is 2. The van der Waals surface area contributed by atoms with Crippen LogP contribution in [0.4, 0.5) is 4.39 Å². The average molecular weight is 452 g/mol. The lowest BCUT2D eigenvalue weighted by molar-refractivity contribution is -0.143. The molecule has 0 bridgehead atoms. The molecule has 7 heteroatoms. The highest BCUT2D eigenvalue weighted by atomic mass is 19.1. The van der Waals surface area contributed by atoms with E-state index >= 15 is 0 Å². The van der Waals surface area contributed by atoms with Crippen molar-refractivity contribution < 1.29 is 29.3 Å². The molecule has 32 heavy (non-hydrogen) atoms. The van der Waals surface area contributed by atoms with Crippen molar-refractivity contribution in [3.05, 3.63) is 35.6 Å². The summed E-state index contributed by atoms with van der Waals surface area (Å²) in [6.45, 7) is 2.21. The minimum Gasteiger partial charge on any atom is -0.466 e. The summed E-state index contributed by atoms with van der Waals surface area (Å²) in [4.78, 5) is 11.4. The van der Waals surface area contributed by atoms with Gasteiger partial charge in [0.05, 0.1) is 24.5 Å². The number of benzene rings is 1. The summed E-state index contributed by atoms with van der Waals surface area (Å²) in [6, 6.07) is 6.31. The second kappa shape index (κ2) is 14.2. The smallest absolute Gasteiger partial charge is 0.305 e. The van der Waals surface area contributed by atoms with Crippen LogP contribution in [0.5, 0.6) is 0 Å². The first kappa shape index (κ1) is 26.3. The third-order valence-corrected chi connectivity index (χ3v) is 6.45. The van der Waals surface area contributed by atoms with Crippen LogP contribution in [0.2, 0.25) is 0 Å². The predicted octanol–water partition coefficient (Wildman–Crippen LogP) is 4.63. The van der Waals surface area contributed by atoms with Crippen LogP contribution in [0.25, 0.3) is 0 Å². The van der Waals surface area contributed by atoms with Crippen molar-refractivity contribution in [3.63, 3.8) is 0 Å². The third kappa shape index (κ3) is 8.87. The van der Waals surface area contributed by atoms with E-state index in [1.54, 1.807) is 19.1 Å². The monoisotopic (exact) mass is 451 g/mol. The van der Waals surface area contributed by atoms with Crippen molar-refractivity contribution in [3.8, 4) is 0 Å². The van der Waals surface area contributed by atoms with Gasteiger partial charge in [0.1, 0.15) is 5.82 Å². The number of ether oxygens (including phenoxy) is 1. The number of carbonyl (C=O) groups excluding carboxylic acids is 1. The molecule has 6 nitrogen and oxygen atoms in total. The SMILES string of the molecule is CCOC(=O)CCCCCCC1C(O)C/C(=N/O)C1CCC(O)CCc1ccc(F)cc1. The highest BCUT2D eigenvalue weighted by molar-refractivity contribution is 5.89. The number of hydrogen-bond donors (Lipinski definition) is 3. The fraction of sp³-hybridized carbons (Fsp3) is 0.680. The van der Waals surface area contributed by atoms with Crippen molar-refractivity contribution in [2.45, 2.75) is 89.8 Å². The van der Waals surface area contributed by atoms with Crippen molar-refractivity contribution >= 4 is 11.7 Å². The van der Waals surface area contributed by atoms with Gasteiger partial charge < -0.3 is 20.2 Å². The van der Waals surface area contributed by atoms with E-state index in [0.29, 0.717) is 50.8 Å². The van der Waals surface area contributed by atoms with E-state index in [9.17, 15) is 24.6 Å². The zero-order chi connectivity index (χ0) is 23.3. The van der Waals surface area contributed by atoms with Crippen molar-refractivity contribution in [2.24, 2.45) is 17.0 Å². The molecule has 1 aromatic carbocycles. The number of aliphatic hydroxyl groups is 2. The van der Waals surface area contributed by atoms with E-state index in [1.165, 1.54) is 12.1 Å². The van der Waals surface area contributed by atoms with Crippen LogP contribution in [0.3, 0.4) is 0 Å². The summed E-state index contributed by atoms with van der Waals surface area (Å²) >= 11 is 0. The zero-order valence-corrected chi connectivity index (χ0v) is 19.1. The topological polar surface area (TPSA) is 99.4 Å². The maximum atomic E-state index is 13.0. The summed E-state index contributed by atoms with van der Waals surface area (Å²) in [6.07, 6.45) is 6.76. The molecule has 1 aliphatic carbocycles. The quantitative estimate of drug-likeness (QED) is 0.166. The van der Waals surface area contributed by atoms with E-state index in [4.69, 9.17) is 4.74 Å². The van der Waals surface area contributed by atoms with Crippen LogP contribution in [-0.2, 0) is 16.0 Å². The summed E-state index contributed by atoms with van der Waals surface area (Å²) in [5.41, 5.74) is 1.61. The van der Waals surface area contributed by atoms with Gasteiger partial charge in [-0.05, 0) is 69.1 Å². The van der Waals surface area contributed by atoms with Crippen molar-refractivity contribution in [1.82, 2.24) is 0 Å². The van der Waals surface area contributed by atoms with Crippen LogP contribution < -0.4 is 0 Å². The molecule has 2 rings (SSSR count). The van der Waals surface area contributed by atoms with Gasteiger partial charge in [0.15, 0.2) is 0 Å². The molecule has 0 aliphatic heterocycles. The number of carbonyl (C=O) groups is 1. The molecule has 1 fully saturated rings. The standard InChI is InChI=1S/C25H38FNO5/c1-2-32-25(30)8-6-4-3-5-7-22-21(23(27-31)17-24(22)29)16-15-20(28)14-11-18-9-12-19(26)13-10-18/h9-10,12-13,20-22,24,28-29,31H,2-8,11,14-17H2,1H3/b27-23-. The molecule has 0 heterocycles. The Kier molecular flexibility index (Phi) is 11.7. The number of rotatable bonds is 14. The van der Waals surface area contributed by atoms with Gasteiger partial charge in [0.25, 0.3) is 0 Å². The number of halogens is 1. The second-order valence-electron chi connectivity index (χ2n) is 8.79. The fourth-order valence-electron chi connectivity index (χ4n) is 4.66. The number of hydrogen-bond acceptors (Lipinski definition) is 6. The van der Waals surface area contributed by atoms with Crippen LogP contribution in [0, 0.1) is 17.7 Å². The Labute approximate surface area is 190 Å². The van der Waals surface area contributed by atoms with Gasteiger partial charge >= 0.3 is 5.97 Å². The lowest BCUT2D eigenvalue weighted by Gasteiger charge is -2.23. The molecule has 0 spiro atoms. The molecular weight excluding hydrogens is 413 g/mol. The maximum absolute atomic E-state index is 13.0. The number of unbranched alkanes of at least 4 members (excludes halogenated alkanes) is 3. The van der Waals surface area contributed by atoms with Gasteiger partial charge in [-0.1, -0.05) is 36.6 Å². The first-order valence-corrected chi connectivity index (χ1v) is 11.9. The fourth-order valence-corrected chi connectivity index (χ4v) is 4.66. The van der Waals surface area contributed by atoms with Crippen LogP contribution in [0.15, 0.2) is 29.4 Å². The molecule has 4 unspecified atom stereocenters. The Morgan fingerprint density at radius 2 is 1.88 bits per heavy atom. The highest BCUT2D eigenvalue weighted by Crippen LogP contribution is 2.37. The normalized spacial score (nSPS) is 22.9. The Morgan fingerprint density at radius 1 is 1.16 bits per heavy atom. The number of nitrogens with zero attached hydrogens (tertiary/aromatic N) is 1. The van der Waals surface area contributed by atoms with E-state index in [-0.39, 0.29) is 23.6 Å². The molecule has 1 aliphatic rings. The lowest BCUT2D eigenvalue weighted by atomic mass is 9.84. The Morgan fingerprint density at radius 3 is 2.56 bits per heavy atom. The first-order chi connectivity index (χ1) is 15.4. The van der Waals surface area contributed by atoms with E-state index < -0.39 is 12.2 Å². The van der Waals surface area contributed by atoms with E-state index in [2.05, 4.69) is 5.16 Å². The Hall–Kier alpha value is -1.99. The minimum atomic E-state index is -0.526. The van der Waals surface area contributed by atoms with Gasteiger partial charge in [-0.2, -0.15) is 0 Å². The summed E-state index contributed by atoms with van der Waals surface area (Å²) in [5.74, 6) is -0.430. The minimum absolute atomic E-state index is 0.0234. The predicted molar refractivity (Wildman–Crippen MR) is 121 cm³/mol. The molecular formula is C25H38FNO5. The molecule has 0 saturated heterocycles. The molecule has 1 saturated carbocycles. The molecule has 0 amide bonds. The Bertz CT molecular complexity index is 709. The molecule has 4 atom stereocenters. The van der Waals surface area contributed by atoms with E-state index in [0.717, 1.165) is 37.7 Å². The lowest BCUT2D eigenvalue weighted by Crippen LogP contribution is -2.22. The maximum Gasteiger partial charge on any atom is 0.305 e. The summed E-state index contributed by atoms with van der Waals surface area (Å²) < 4.78 is 17.9. The molecule has 0 aromatic heterocycles. The molecule has 3 N–H and O–H groups in total. The third-order valence-electron chi connectivity index (χ3n) is 6.45. The van der Waals surface area contributed by atoms with Crippen LogP contribution in [0.1, 0.15) is 76.7 Å². The van der Waals surface area contributed by atoms with Gasteiger partial charge in [-0.3, -0.25) is 4.79 Å². The second-order valence-corrected chi connectivity index (χ2v) is 8.79. The first-order valence-electron chi connectivity index (χ1n) is 11.9. The molecule has 180 valence electrons. The number of oxime groups is 1. The van der Waals surface area contributed by atoms with Crippen LogP contribution in [-0.4, -0.2) is 45.9 Å². The number of esters is 1. The average Bonchev–Trinajstić information content (AvgIpc) is 3.08. The summed E-state index contributed by atoms with van der Waals surface area (Å²) in [7, 11) is 0. The van der Waals surface area contributed by atoms with Gasteiger partial charge in [-0.25, -0.2) is 4.39 Å². The largest absolute Gasteiger partial charge is 0.466 e. The van der Waals surface area contributed by atoms with Crippen molar-refractivity contribution in [2.75, 3.05) is 6.61 Å². The van der Waals surface area contributed by atoms with Crippen LogP contribution >= 0.6 is 0 Å². The zero-order valence-electron chi connectivity index (χ0n) is 19.1. The van der Waals surface area contributed by atoms with Crippen molar-refractivity contribution in [1.29, 1.82) is 0 Å². The highest BCUT2D eigenvalue weighted by Gasteiger charge is 2.39. The van der Waals surface area contributed by atoms with E-state index in [1.807, 2.05) is 0 Å². The Balaban J connectivity index is 1.73. The molecule has 1 aromatic rings. The van der Waals surface area contributed by atoms with Gasteiger partial charge in [0.2, 0.25) is 0 Å². The van der Waals surface area contributed by atoms with Gasteiger partial charge in [-0.15, -0.1) is 0 Å². The summed E-state index contributed by atoms with van der Waals surface area (Å²) in [5, 5.41) is 33.7.